The van der Waals surface area contributed by atoms with Crippen LogP contribution in [0.5, 0.6) is 0 Å². The number of halogens is 1. The second kappa shape index (κ2) is 8.06. The Morgan fingerprint density at radius 3 is 2.67 bits per heavy atom. The third-order valence-electron chi connectivity index (χ3n) is 4.58. The monoisotopic (exact) mass is 428 g/mol. The van der Waals surface area contributed by atoms with E-state index in [0.29, 0.717) is 12.5 Å². The third kappa shape index (κ3) is 4.12. The standard InChI is InChI=1S/C19H21BrN6O/c1-14-2-6-17(7-3-14)26-19(22-23-24-26)21-13-15-4-5-16(20)12-18(15)25-8-10-27-11-9-25/h2-7,12H,8-11,13H2,1H3,(H,21,22,24). The summed E-state index contributed by atoms with van der Waals surface area (Å²) in [6.07, 6.45) is 0. The summed E-state index contributed by atoms with van der Waals surface area (Å²) in [6.45, 7) is 5.99. The van der Waals surface area contributed by atoms with Crippen LogP contribution in [-0.2, 0) is 11.3 Å². The minimum atomic E-state index is 0.620. The van der Waals surface area contributed by atoms with Crippen molar-refractivity contribution in [3.05, 3.63) is 58.1 Å². The minimum Gasteiger partial charge on any atom is -0.378 e. The first-order chi connectivity index (χ1) is 13.2. The fraction of sp³-hybridized carbons (Fsp3) is 0.316. The van der Waals surface area contributed by atoms with Gasteiger partial charge in [-0.2, -0.15) is 4.68 Å². The van der Waals surface area contributed by atoms with Gasteiger partial charge in [-0.15, -0.1) is 0 Å². The van der Waals surface area contributed by atoms with E-state index in [1.54, 1.807) is 4.68 Å². The molecule has 7 nitrogen and oxygen atoms in total. The molecule has 1 fully saturated rings. The van der Waals surface area contributed by atoms with Crippen molar-refractivity contribution < 1.29 is 4.74 Å². The number of aryl methyl sites for hydroxylation is 1. The van der Waals surface area contributed by atoms with Crippen molar-refractivity contribution in [3.63, 3.8) is 0 Å². The van der Waals surface area contributed by atoms with E-state index in [-0.39, 0.29) is 0 Å². The number of hydrogen-bond donors (Lipinski definition) is 1. The van der Waals surface area contributed by atoms with Crippen LogP contribution in [0.2, 0.25) is 0 Å². The lowest BCUT2D eigenvalue weighted by Crippen LogP contribution is -2.37. The third-order valence-corrected chi connectivity index (χ3v) is 5.08. The zero-order valence-corrected chi connectivity index (χ0v) is 16.7. The van der Waals surface area contributed by atoms with Crippen molar-refractivity contribution in [1.82, 2.24) is 20.2 Å². The zero-order chi connectivity index (χ0) is 18.6. The number of anilines is 2. The number of aromatic nitrogens is 4. The first-order valence-electron chi connectivity index (χ1n) is 8.91. The molecule has 27 heavy (non-hydrogen) atoms. The normalized spacial score (nSPS) is 14.4. The summed E-state index contributed by atoms with van der Waals surface area (Å²) >= 11 is 3.59. The highest BCUT2D eigenvalue weighted by molar-refractivity contribution is 9.10. The van der Waals surface area contributed by atoms with E-state index in [1.165, 1.54) is 16.8 Å². The predicted molar refractivity (Wildman–Crippen MR) is 108 cm³/mol. The molecule has 0 spiro atoms. The fourth-order valence-corrected chi connectivity index (χ4v) is 3.47. The van der Waals surface area contributed by atoms with Crippen LogP contribution in [0.25, 0.3) is 5.69 Å². The van der Waals surface area contributed by atoms with Gasteiger partial charge in [-0.25, -0.2) is 0 Å². The van der Waals surface area contributed by atoms with Crippen molar-refractivity contribution >= 4 is 27.6 Å². The molecule has 0 amide bonds. The Morgan fingerprint density at radius 2 is 1.89 bits per heavy atom. The lowest BCUT2D eigenvalue weighted by Gasteiger charge is -2.31. The SMILES string of the molecule is Cc1ccc(-n2nnnc2NCc2ccc(Br)cc2N2CCOCC2)cc1. The number of nitrogens with one attached hydrogen (secondary N) is 1. The predicted octanol–water partition coefficient (Wildman–Crippen LogP) is 3.18. The molecule has 2 heterocycles. The lowest BCUT2D eigenvalue weighted by molar-refractivity contribution is 0.122. The van der Waals surface area contributed by atoms with E-state index in [4.69, 9.17) is 4.74 Å². The molecular weight excluding hydrogens is 408 g/mol. The number of nitrogens with zero attached hydrogens (tertiary/aromatic N) is 5. The highest BCUT2D eigenvalue weighted by atomic mass is 79.9. The van der Waals surface area contributed by atoms with Gasteiger partial charge in [0.1, 0.15) is 0 Å². The van der Waals surface area contributed by atoms with Crippen LogP contribution in [0.4, 0.5) is 11.6 Å². The Hall–Kier alpha value is -2.45. The van der Waals surface area contributed by atoms with Gasteiger partial charge in [-0.1, -0.05) is 44.8 Å². The molecule has 4 rings (SSSR count). The Bertz CT molecular complexity index is 905. The number of benzene rings is 2. The average Bonchev–Trinajstić information content (AvgIpc) is 3.17. The molecule has 140 valence electrons. The number of morpholine rings is 1. The fourth-order valence-electron chi connectivity index (χ4n) is 3.12. The molecular formula is C19H21BrN6O. The number of ether oxygens (including phenoxy) is 1. The molecule has 3 aromatic rings. The maximum atomic E-state index is 5.48. The number of hydrogen-bond acceptors (Lipinski definition) is 6. The molecule has 0 saturated carbocycles. The van der Waals surface area contributed by atoms with Crippen LogP contribution >= 0.6 is 15.9 Å². The van der Waals surface area contributed by atoms with Crippen LogP contribution in [-0.4, -0.2) is 46.5 Å². The highest BCUT2D eigenvalue weighted by Crippen LogP contribution is 2.27. The largest absolute Gasteiger partial charge is 0.378 e. The molecule has 1 aliphatic rings. The van der Waals surface area contributed by atoms with Gasteiger partial charge in [-0.3, -0.25) is 0 Å². The van der Waals surface area contributed by atoms with Gasteiger partial charge < -0.3 is 15.0 Å². The van der Waals surface area contributed by atoms with Crippen LogP contribution < -0.4 is 10.2 Å². The second-order valence-electron chi connectivity index (χ2n) is 6.48. The quantitative estimate of drug-likeness (QED) is 0.672. The van der Waals surface area contributed by atoms with E-state index in [0.717, 1.165) is 36.5 Å². The molecule has 0 unspecified atom stereocenters. The molecule has 0 bridgehead atoms. The Kier molecular flexibility index (Phi) is 5.35. The summed E-state index contributed by atoms with van der Waals surface area (Å²) < 4.78 is 8.27. The minimum absolute atomic E-state index is 0.620. The summed E-state index contributed by atoms with van der Waals surface area (Å²) in [5, 5.41) is 15.5. The maximum absolute atomic E-state index is 5.48. The molecule has 1 aromatic heterocycles. The summed E-state index contributed by atoms with van der Waals surface area (Å²) in [5.41, 5.74) is 4.52. The summed E-state index contributed by atoms with van der Waals surface area (Å²) in [7, 11) is 0. The molecule has 1 aliphatic heterocycles. The first-order valence-corrected chi connectivity index (χ1v) is 9.70. The van der Waals surface area contributed by atoms with E-state index < -0.39 is 0 Å². The Labute approximate surface area is 166 Å². The van der Waals surface area contributed by atoms with Crippen molar-refractivity contribution in [2.24, 2.45) is 0 Å². The molecule has 2 aromatic carbocycles. The van der Waals surface area contributed by atoms with Crippen molar-refractivity contribution in [1.29, 1.82) is 0 Å². The topological polar surface area (TPSA) is 68.1 Å². The maximum Gasteiger partial charge on any atom is 0.248 e. The highest BCUT2D eigenvalue weighted by Gasteiger charge is 2.16. The van der Waals surface area contributed by atoms with E-state index in [9.17, 15) is 0 Å². The van der Waals surface area contributed by atoms with Crippen molar-refractivity contribution in [2.75, 3.05) is 36.5 Å². The Balaban J connectivity index is 1.54. The van der Waals surface area contributed by atoms with Gasteiger partial charge >= 0.3 is 0 Å². The van der Waals surface area contributed by atoms with Gasteiger partial charge in [0.2, 0.25) is 5.95 Å². The van der Waals surface area contributed by atoms with Crippen LogP contribution in [0, 0.1) is 6.92 Å². The molecule has 0 aliphatic carbocycles. The van der Waals surface area contributed by atoms with E-state index >= 15 is 0 Å². The number of rotatable bonds is 5. The lowest BCUT2D eigenvalue weighted by atomic mass is 10.1. The van der Waals surface area contributed by atoms with Crippen LogP contribution in [0.15, 0.2) is 46.9 Å². The first kappa shape index (κ1) is 17.9. The number of tetrazole rings is 1. The van der Waals surface area contributed by atoms with Gasteiger partial charge in [-0.05, 0) is 47.2 Å². The molecule has 0 radical (unpaired) electrons. The van der Waals surface area contributed by atoms with E-state index in [1.807, 2.05) is 24.3 Å². The van der Waals surface area contributed by atoms with Gasteiger partial charge in [0, 0.05) is 29.8 Å². The summed E-state index contributed by atoms with van der Waals surface area (Å²) in [4.78, 5) is 2.36. The van der Waals surface area contributed by atoms with Crippen LogP contribution in [0.3, 0.4) is 0 Å². The average molecular weight is 429 g/mol. The Morgan fingerprint density at radius 1 is 1.11 bits per heavy atom. The summed E-state index contributed by atoms with van der Waals surface area (Å²) in [5.74, 6) is 0.620. The summed E-state index contributed by atoms with van der Waals surface area (Å²) in [6, 6.07) is 14.5. The van der Waals surface area contributed by atoms with Crippen molar-refractivity contribution in [2.45, 2.75) is 13.5 Å². The van der Waals surface area contributed by atoms with Gasteiger partial charge in [0.05, 0.1) is 18.9 Å². The van der Waals surface area contributed by atoms with E-state index in [2.05, 4.69) is 66.8 Å². The zero-order valence-electron chi connectivity index (χ0n) is 15.1. The molecule has 1 saturated heterocycles. The van der Waals surface area contributed by atoms with Crippen LogP contribution in [0.1, 0.15) is 11.1 Å². The molecule has 8 heteroatoms. The van der Waals surface area contributed by atoms with Crippen molar-refractivity contribution in [3.8, 4) is 5.69 Å². The van der Waals surface area contributed by atoms with Gasteiger partial charge in [0.25, 0.3) is 0 Å². The molecule has 0 atom stereocenters. The van der Waals surface area contributed by atoms with Gasteiger partial charge in [0.15, 0.2) is 0 Å². The second-order valence-corrected chi connectivity index (χ2v) is 7.39. The smallest absolute Gasteiger partial charge is 0.248 e. The molecule has 1 N–H and O–H groups in total.